The molecule has 0 aliphatic heterocycles. The highest BCUT2D eigenvalue weighted by Crippen LogP contribution is 2.25. The van der Waals surface area contributed by atoms with Crippen molar-refractivity contribution in [2.24, 2.45) is 5.92 Å². The van der Waals surface area contributed by atoms with E-state index in [-0.39, 0.29) is 5.92 Å². The van der Waals surface area contributed by atoms with Crippen LogP contribution in [0.25, 0.3) is 0 Å². The molecular weight excluding hydrogens is 1170 g/mol. The second-order valence-corrected chi connectivity index (χ2v) is 42.3. The minimum atomic E-state index is -2.54. The molecule has 0 aromatic carbocycles. The van der Waals surface area contributed by atoms with E-state index in [0.29, 0.717) is 70.4 Å². The van der Waals surface area contributed by atoms with Crippen LogP contribution >= 0.6 is 22.2 Å². The molecule has 0 aliphatic carbocycles. The van der Waals surface area contributed by atoms with E-state index in [9.17, 15) is 0 Å². The smallest absolute Gasteiger partial charge is 0.398 e. The first-order chi connectivity index (χ1) is 38.1. The summed E-state index contributed by atoms with van der Waals surface area (Å²) in [5, 5.41) is 58.9. The third kappa shape index (κ3) is 53.8. The van der Waals surface area contributed by atoms with Crippen LogP contribution < -0.4 is 0 Å². The summed E-state index contributed by atoms with van der Waals surface area (Å²) < 4.78 is 69.4. The molecule has 0 bridgehead atoms. The van der Waals surface area contributed by atoms with Crippen molar-refractivity contribution in [3.63, 3.8) is 0 Å². The topological polar surface area (TPSA) is 287 Å². The van der Waals surface area contributed by atoms with Crippen molar-refractivity contribution in [3.05, 3.63) is 0 Å². The normalized spacial score (nSPS) is 11.5. The molecule has 0 rings (SSSR count). The van der Waals surface area contributed by atoms with E-state index >= 15 is 0 Å². The second kappa shape index (κ2) is 61.4. The molecule has 0 saturated carbocycles. The maximum absolute atomic E-state index is 8.54. The molecule has 0 radical (unpaired) electrons. The molecule has 0 N–H and O–H groups in total. The molecule has 464 valence electrons. The number of rotatable bonds is 42. The predicted molar refractivity (Wildman–Crippen MR) is 328 cm³/mol. The first-order valence-electron chi connectivity index (χ1n) is 27.5. The number of nitriles is 7. The van der Waals surface area contributed by atoms with Gasteiger partial charge in [0.25, 0.3) is 0 Å². The lowest BCUT2D eigenvalue weighted by Crippen LogP contribution is -2.45. The van der Waals surface area contributed by atoms with Gasteiger partial charge >= 0.3 is 43.5 Å². The zero-order valence-electron chi connectivity index (χ0n) is 52.1. The molecule has 20 nitrogen and oxygen atoms in total. The number of hydrogen-bond donors (Lipinski definition) is 0. The Labute approximate surface area is 502 Å². The molecule has 28 heteroatoms. The summed E-state index contributed by atoms with van der Waals surface area (Å²) in [5.41, 5.74) is 0. The molecule has 1 unspecified atom stereocenters. The van der Waals surface area contributed by atoms with E-state index in [4.69, 9.17) is 117 Å². The van der Waals surface area contributed by atoms with E-state index < -0.39 is 50.2 Å². The fraction of sp³-hybridized carbons (Fsp3) is 0.865. The highest BCUT2D eigenvalue weighted by atomic mass is 35.7. The van der Waals surface area contributed by atoms with Gasteiger partial charge in [0.15, 0.2) is 0 Å². The molecule has 0 spiro atoms. The summed E-state index contributed by atoms with van der Waals surface area (Å²) in [6, 6.07) is 20.0. The van der Waals surface area contributed by atoms with Gasteiger partial charge in [0.2, 0.25) is 6.69 Å². The molecule has 0 saturated heterocycles. The number of nitrogens with zero attached hydrogens (tertiary/aromatic N) is 7. The minimum Gasteiger partial charge on any atom is -0.398 e. The van der Waals surface area contributed by atoms with E-state index in [1.54, 1.807) is 49.8 Å². The van der Waals surface area contributed by atoms with Crippen LogP contribution in [0.1, 0.15) is 143 Å². The van der Waals surface area contributed by atoms with Crippen LogP contribution in [0.15, 0.2) is 0 Å². The largest absolute Gasteiger partial charge is 0.501 e. The SMILES string of the molecule is CC(C#N)CC[Si](C)(Cl)Cl.CCO[Si](CCC#N)(OCC)OCC.CO[Si](C)(CCC#N)OC.CO[Si](CCC#N)(OC)OC.CO[Si](CCCC#N)(CCCC#N)OC.CO[Si](CCCCCCCCCCCC#N)(OC)OC. The van der Waals surface area contributed by atoms with Crippen molar-refractivity contribution in [3.8, 4) is 42.5 Å². The van der Waals surface area contributed by atoms with E-state index in [1.807, 2.05) is 46.9 Å². The lowest BCUT2D eigenvalue weighted by atomic mass is 10.1. The van der Waals surface area contributed by atoms with Crippen molar-refractivity contribution in [1.82, 2.24) is 0 Å². The summed E-state index contributed by atoms with van der Waals surface area (Å²) in [7, 11) is 4.82. The van der Waals surface area contributed by atoms with Crippen molar-refractivity contribution in [2.45, 2.75) is 199 Å². The van der Waals surface area contributed by atoms with Crippen LogP contribution in [0, 0.1) is 85.2 Å². The number of halogens is 2. The summed E-state index contributed by atoms with van der Waals surface area (Å²) in [6.07, 6.45) is 16.7. The Hall–Kier alpha value is -2.21. The van der Waals surface area contributed by atoms with Gasteiger partial charge in [-0.05, 0) is 91.0 Å². The maximum Gasteiger partial charge on any atom is 0.501 e. The van der Waals surface area contributed by atoms with Crippen LogP contribution in [0.2, 0.25) is 55.4 Å². The Morgan fingerprint density at radius 2 is 0.662 bits per heavy atom. The minimum absolute atomic E-state index is 0.0873. The van der Waals surface area contributed by atoms with Crippen LogP contribution in [0.5, 0.6) is 0 Å². The molecule has 0 amide bonds. The zero-order valence-corrected chi connectivity index (χ0v) is 59.6. The van der Waals surface area contributed by atoms with Gasteiger partial charge in [0, 0.05) is 160 Å². The molecular formula is C52H105Cl2N7O13Si6. The Kier molecular flexibility index (Phi) is 68.3. The summed E-state index contributed by atoms with van der Waals surface area (Å²) in [5.74, 6) is 0.0873. The van der Waals surface area contributed by atoms with Gasteiger partial charge in [-0.25, -0.2) is 0 Å². The van der Waals surface area contributed by atoms with Gasteiger partial charge in [0.05, 0.1) is 42.5 Å². The van der Waals surface area contributed by atoms with E-state index in [0.717, 1.165) is 62.3 Å². The Bertz CT molecular complexity index is 1660. The second-order valence-electron chi connectivity index (χ2n) is 17.9. The van der Waals surface area contributed by atoms with Crippen molar-refractivity contribution >= 4 is 72.4 Å². The van der Waals surface area contributed by atoms with Gasteiger partial charge < -0.3 is 57.5 Å². The van der Waals surface area contributed by atoms with Gasteiger partial charge in [0.1, 0.15) is 0 Å². The standard InChI is InChI=1S/C15H31NO3Si.C10H18N2O2Si.C9H19NO3Si.C6H11Cl2NSi.C6H13NO3Si.C6H13NO2Si/c1-17-20(18-2,19-3)15-13-11-9-7-5-4-6-8-10-12-14-16;1-13-15(14-2,9-5-3-7-11)10-6-4-8-12;1-4-11-14(12-5-2,13-6-3)9-7-8-10;1-6(5-9)3-4-10(2,7)8;1-8-11(9-2,10-3)6-4-5-7;1-8-10(3,9-2)6-4-5-7/h4-13,15H2,1-3H3;3-6,9-10H2,1-2H3;4-7,9H2,1-3H3;6H,3-4H2,1-2H3;4,6H2,1-3H3;4,6H2,1-3H3. The lowest BCUT2D eigenvalue weighted by Gasteiger charge is -2.27. The van der Waals surface area contributed by atoms with Gasteiger partial charge in [-0.1, -0.05) is 44.9 Å². The maximum atomic E-state index is 8.54. The lowest BCUT2D eigenvalue weighted by molar-refractivity contribution is 0.0716. The average molecular weight is 1280 g/mol. The fourth-order valence-corrected chi connectivity index (χ4v) is 18.1. The first-order valence-corrected chi connectivity index (χ1v) is 42.8. The summed E-state index contributed by atoms with van der Waals surface area (Å²) in [4.78, 5) is 0. The summed E-state index contributed by atoms with van der Waals surface area (Å²) >= 11 is 11.7. The van der Waals surface area contributed by atoms with Crippen molar-refractivity contribution in [2.75, 3.05) is 90.9 Å². The third-order valence-electron chi connectivity index (χ3n) is 12.0. The monoisotopic (exact) mass is 1270 g/mol. The average Bonchev–Trinajstić information content (AvgIpc) is 3.47. The molecule has 80 heavy (non-hydrogen) atoms. The molecule has 0 fully saturated rings. The molecule has 0 heterocycles. The Balaban J connectivity index is -0.000000209. The Morgan fingerprint density at radius 3 is 0.963 bits per heavy atom. The highest BCUT2D eigenvalue weighted by Gasteiger charge is 2.40. The first kappa shape index (κ1) is 89.0. The van der Waals surface area contributed by atoms with Crippen LogP contribution in [0.3, 0.4) is 0 Å². The van der Waals surface area contributed by atoms with Crippen molar-refractivity contribution in [1.29, 1.82) is 36.8 Å². The summed E-state index contributed by atoms with van der Waals surface area (Å²) in [6.45, 7) is 11.2. The van der Waals surface area contributed by atoms with Crippen molar-refractivity contribution < 1.29 is 57.5 Å². The Morgan fingerprint density at radius 1 is 0.350 bits per heavy atom. The van der Waals surface area contributed by atoms with Gasteiger partial charge in [-0.3, -0.25) is 0 Å². The van der Waals surface area contributed by atoms with Crippen LogP contribution in [-0.4, -0.2) is 141 Å². The third-order valence-corrected chi connectivity index (χ3v) is 29.6. The number of unbranched alkanes of at least 4 members (excludes halogenated alkanes) is 11. The quantitative estimate of drug-likeness (QED) is 0.0312. The van der Waals surface area contributed by atoms with Gasteiger partial charge in [-0.2, -0.15) is 36.8 Å². The molecule has 0 aliphatic rings. The number of hydrogen-bond acceptors (Lipinski definition) is 20. The highest BCUT2D eigenvalue weighted by molar-refractivity contribution is 7.44. The molecule has 0 aromatic rings. The van der Waals surface area contributed by atoms with Gasteiger partial charge in [-0.15, -0.1) is 22.2 Å². The van der Waals surface area contributed by atoms with Crippen LogP contribution in [0.4, 0.5) is 0 Å². The molecule has 1 atom stereocenters. The molecule has 0 aromatic heterocycles. The van der Waals surface area contributed by atoms with Crippen LogP contribution in [-0.2, 0) is 57.5 Å². The van der Waals surface area contributed by atoms with E-state index in [1.165, 1.54) is 66.3 Å². The predicted octanol–water partition coefficient (Wildman–Crippen LogP) is 13.7. The van der Waals surface area contributed by atoms with E-state index in [2.05, 4.69) is 36.4 Å². The zero-order chi connectivity index (χ0) is 62.5. The fourth-order valence-electron chi connectivity index (χ4n) is 6.91.